The highest BCUT2D eigenvalue weighted by Crippen LogP contribution is 2.30. The Morgan fingerprint density at radius 1 is 0.818 bits per heavy atom. The minimum absolute atomic E-state index is 0.0334. The average molecular weight is 459 g/mol. The van der Waals surface area contributed by atoms with E-state index in [1.807, 2.05) is 41.3 Å². The molecule has 0 bridgehead atoms. The van der Waals surface area contributed by atoms with E-state index in [0.29, 0.717) is 13.0 Å². The van der Waals surface area contributed by atoms with Crippen LogP contribution < -0.4 is 9.80 Å². The second kappa shape index (κ2) is 11.9. The van der Waals surface area contributed by atoms with Crippen LogP contribution in [0.25, 0.3) is 0 Å². The Labute approximate surface area is 203 Å². The molecule has 0 atom stereocenters. The number of carbonyl (C=O) groups is 1. The highest BCUT2D eigenvalue weighted by atomic mass is 32.1. The molecule has 1 aliphatic rings. The molecule has 1 aliphatic heterocycles. The molecule has 0 aliphatic carbocycles. The van der Waals surface area contributed by atoms with Gasteiger partial charge in [-0.05, 0) is 66.8 Å². The van der Waals surface area contributed by atoms with E-state index in [1.54, 1.807) is 0 Å². The SMILES string of the molecule is O=C(CC(c1ccccc1)c1ccccc1)N(CCCS)c1ccc(N2CCCCC2)cc1. The Kier molecular flexibility index (Phi) is 8.48. The van der Waals surface area contributed by atoms with Crippen molar-refractivity contribution in [1.82, 2.24) is 0 Å². The quantitative estimate of drug-likeness (QED) is 0.368. The van der Waals surface area contributed by atoms with E-state index in [4.69, 9.17) is 0 Å². The molecule has 4 rings (SSSR count). The van der Waals surface area contributed by atoms with Crippen molar-refractivity contribution in [3.05, 3.63) is 96.1 Å². The summed E-state index contributed by atoms with van der Waals surface area (Å²) >= 11 is 4.40. The molecule has 172 valence electrons. The number of carbonyl (C=O) groups excluding carboxylic acids is 1. The van der Waals surface area contributed by atoms with Crippen molar-refractivity contribution in [2.24, 2.45) is 0 Å². The molecule has 4 heteroatoms. The third kappa shape index (κ3) is 6.20. The van der Waals surface area contributed by atoms with Crippen LogP contribution in [0.1, 0.15) is 49.1 Å². The van der Waals surface area contributed by atoms with Gasteiger partial charge in [-0.15, -0.1) is 0 Å². The first-order chi connectivity index (χ1) is 16.3. The number of benzene rings is 3. The van der Waals surface area contributed by atoms with Gasteiger partial charge < -0.3 is 9.80 Å². The van der Waals surface area contributed by atoms with Gasteiger partial charge in [0.1, 0.15) is 0 Å². The molecule has 0 spiro atoms. The summed E-state index contributed by atoms with van der Waals surface area (Å²) < 4.78 is 0. The summed E-state index contributed by atoms with van der Waals surface area (Å²) in [5.41, 5.74) is 4.58. The van der Waals surface area contributed by atoms with Gasteiger partial charge in [-0.25, -0.2) is 0 Å². The Bertz CT molecular complexity index is 946. The lowest BCUT2D eigenvalue weighted by Crippen LogP contribution is -2.33. The maximum atomic E-state index is 13.7. The number of nitrogens with zero attached hydrogens (tertiary/aromatic N) is 2. The van der Waals surface area contributed by atoms with Crippen molar-refractivity contribution in [3.63, 3.8) is 0 Å². The lowest BCUT2D eigenvalue weighted by atomic mass is 9.88. The van der Waals surface area contributed by atoms with Crippen molar-refractivity contribution in [1.29, 1.82) is 0 Å². The second-order valence-electron chi connectivity index (χ2n) is 8.76. The van der Waals surface area contributed by atoms with E-state index in [1.165, 1.54) is 36.1 Å². The Hall–Kier alpha value is -2.72. The van der Waals surface area contributed by atoms with Crippen LogP contribution in [0.15, 0.2) is 84.9 Å². The van der Waals surface area contributed by atoms with E-state index < -0.39 is 0 Å². The number of piperidine rings is 1. The molecule has 0 saturated carbocycles. The van der Waals surface area contributed by atoms with Crippen LogP contribution in [0.5, 0.6) is 0 Å². The number of rotatable bonds is 9. The number of hydrogen-bond donors (Lipinski definition) is 1. The van der Waals surface area contributed by atoms with Crippen molar-refractivity contribution in [2.45, 2.75) is 38.0 Å². The first-order valence-corrected chi connectivity index (χ1v) is 12.8. The lowest BCUT2D eigenvalue weighted by molar-refractivity contribution is -0.118. The van der Waals surface area contributed by atoms with Crippen molar-refractivity contribution < 1.29 is 4.79 Å². The zero-order chi connectivity index (χ0) is 22.9. The molecule has 3 aromatic rings. The van der Waals surface area contributed by atoms with E-state index in [9.17, 15) is 4.79 Å². The molecule has 0 unspecified atom stereocenters. The second-order valence-corrected chi connectivity index (χ2v) is 9.21. The average Bonchev–Trinajstić information content (AvgIpc) is 2.89. The number of amides is 1. The van der Waals surface area contributed by atoms with E-state index >= 15 is 0 Å². The van der Waals surface area contributed by atoms with Crippen LogP contribution in [-0.2, 0) is 4.79 Å². The summed E-state index contributed by atoms with van der Waals surface area (Å²) in [6, 6.07) is 29.3. The van der Waals surface area contributed by atoms with Crippen molar-refractivity contribution in [2.75, 3.05) is 35.2 Å². The minimum atomic E-state index is 0.0334. The van der Waals surface area contributed by atoms with Gasteiger partial charge >= 0.3 is 0 Å². The van der Waals surface area contributed by atoms with E-state index in [0.717, 1.165) is 31.0 Å². The smallest absolute Gasteiger partial charge is 0.227 e. The topological polar surface area (TPSA) is 23.6 Å². The molecule has 33 heavy (non-hydrogen) atoms. The van der Waals surface area contributed by atoms with Gasteiger partial charge in [0.15, 0.2) is 0 Å². The molecule has 1 saturated heterocycles. The molecule has 3 nitrogen and oxygen atoms in total. The third-order valence-electron chi connectivity index (χ3n) is 6.51. The number of anilines is 2. The molecular weight excluding hydrogens is 424 g/mol. The van der Waals surface area contributed by atoms with Crippen LogP contribution in [0.4, 0.5) is 11.4 Å². The molecule has 1 heterocycles. The first-order valence-electron chi connectivity index (χ1n) is 12.1. The minimum Gasteiger partial charge on any atom is -0.372 e. The Morgan fingerprint density at radius 3 is 1.94 bits per heavy atom. The van der Waals surface area contributed by atoms with Crippen molar-refractivity contribution >= 4 is 29.9 Å². The maximum Gasteiger partial charge on any atom is 0.227 e. The molecule has 0 aromatic heterocycles. The molecular formula is C29H34N2OS. The molecule has 1 amide bonds. The fourth-order valence-electron chi connectivity index (χ4n) is 4.71. The zero-order valence-corrected chi connectivity index (χ0v) is 20.2. The van der Waals surface area contributed by atoms with Crippen LogP contribution in [-0.4, -0.2) is 31.3 Å². The number of hydrogen-bond acceptors (Lipinski definition) is 3. The normalized spacial score (nSPS) is 13.8. The van der Waals surface area contributed by atoms with Crippen LogP contribution in [0, 0.1) is 0 Å². The summed E-state index contributed by atoms with van der Waals surface area (Å²) in [5.74, 6) is 0.947. The van der Waals surface area contributed by atoms with Gasteiger partial charge in [-0.1, -0.05) is 60.7 Å². The highest BCUT2D eigenvalue weighted by Gasteiger charge is 2.23. The summed E-state index contributed by atoms with van der Waals surface area (Å²) in [6.07, 6.45) is 5.15. The first kappa shape index (κ1) is 23.4. The molecule has 3 aromatic carbocycles. The highest BCUT2D eigenvalue weighted by molar-refractivity contribution is 7.80. The largest absolute Gasteiger partial charge is 0.372 e. The predicted molar refractivity (Wildman–Crippen MR) is 143 cm³/mol. The Morgan fingerprint density at radius 2 is 1.39 bits per heavy atom. The standard InChI is InChI=1S/C29H34N2OS/c32-29(23-28(24-11-4-1-5-12-24)25-13-6-2-7-14-25)31(21-10-22-33)27-17-15-26(16-18-27)30-19-8-3-9-20-30/h1-2,4-7,11-18,28,33H,3,8-10,19-23H2. The van der Waals surface area contributed by atoms with E-state index in [-0.39, 0.29) is 11.8 Å². The zero-order valence-electron chi connectivity index (χ0n) is 19.3. The number of thiol groups is 1. The monoisotopic (exact) mass is 458 g/mol. The third-order valence-corrected chi connectivity index (χ3v) is 6.82. The van der Waals surface area contributed by atoms with Gasteiger partial charge in [0.25, 0.3) is 0 Å². The molecule has 0 N–H and O–H groups in total. The lowest BCUT2D eigenvalue weighted by Gasteiger charge is -2.30. The summed E-state index contributed by atoms with van der Waals surface area (Å²) in [6.45, 7) is 2.93. The van der Waals surface area contributed by atoms with Crippen LogP contribution >= 0.6 is 12.6 Å². The van der Waals surface area contributed by atoms with Gasteiger partial charge in [0.05, 0.1) is 0 Å². The fraction of sp³-hybridized carbons (Fsp3) is 0.345. The Balaban J connectivity index is 1.56. The van der Waals surface area contributed by atoms with Gasteiger partial charge in [0, 0.05) is 43.3 Å². The van der Waals surface area contributed by atoms with Gasteiger partial charge in [-0.2, -0.15) is 12.6 Å². The molecule has 0 radical (unpaired) electrons. The van der Waals surface area contributed by atoms with Crippen LogP contribution in [0.2, 0.25) is 0 Å². The maximum absolute atomic E-state index is 13.7. The van der Waals surface area contributed by atoms with Crippen LogP contribution in [0.3, 0.4) is 0 Å². The van der Waals surface area contributed by atoms with Crippen molar-refractivity contribution in [3.8, 4) is 0 Å². The van der Waals surface area contributed by atoms with Gasteiger partial charge in [-0.3, -0.25) is 4.79 Å². The van der Waals surface area contributed by atoms with Gasteiger partial charge in [0.2, 0.25) is 5.91 Å². The fourth-order valence-corrected chi connectivity index (χ4v) is 4.85. The summed E-state index contributed by atoms with van der Waals surface area (Å²) in [5, 5.41) is 0. The predicted octanol–water partition coefficient (Wildman–Crippen LogP) is 6.55. The summed E-state index contributed by atoms with van der Waals surface area (Å²) in [7, 11) is 0. The summed E-state index contributed by atoms with van der Waals surface area (Å²) in [4.78, 5) is 18.1. The molecule has 1 fully saturated rings. The van der Waals surface area contributed by atoms with E-state index in [2.05, 4.69) is 66.1 Å².